The number of benzene rings is 1. The molecule has 0 saturated carbocycles. The number of imidazole rings is 1. The number of hydrogen-bond acceptors (Lipinski definition) is 3. The summed E-state index contributed by atoms with van der Waals surface area (Å²) in [5.41, 5.74) is 2.16. The molecule has 1 aromatic carbocycles. The number of aromatic amines is 1. The van der Waals surface area contributed by atoms with E-state index >= 15 is 0 Å². The Bertz CT molecular complexity index is 675. The van der Waals surface area contributed by atoms with E-state index in [4.69, 9.17) is 0 Å². The van der Waals surface area contributed by atoms with Gasteiger partial charge in [0.25, 0.3) is 0 Å². The SMILES string of the molecule is Cc1nc(C2CCNCC2)[nH]c1-c1cccc(OC(F)(F)F)c1. The second kappa shape index (κ2) is 6.23. The topological polar surface area (TPSA) is 49.9 Å². The summed E-state index contributed by atoms with van der Waals surface area (Å²) in [6, 6.07) is 5.95. The van der Waals surface area contributed by atoms with E-state index < -0.39 is 6.36 Å². The molecule has 1 aliphatic heterocycles. The highest BCUT2D eigenvalue weighted by atomic mass is 19.4. The molecule has 124 valence electrons. The van der Waals surface area contributed by atoms with Crippen molar-refractivity contribution in [3.63, 3.8) is 0 Å². The fraction of sp³-hybridized carbons (Fsp3) is 0.438. The quantitative estimate of drug-likeness (QED) is 0.903. The van der Waals surface area contributed by atoms with E-state index in [0.29, 0.717) is 11.5 Å². The van der Waals surface area contributed by atoms with Gasteiger partial charge >= 0.3 is 6.36 Å². The van der Waals surface area contributed by atoms with Crippen LogP contribution in [0.5, 0.6) is 5.75 Å². The van der Waals surface area contributed by atoms with Crippen molar-refractivity contribution in [3.05, 3.63) is 35.8 Å². The molecule has 0 unspecified atom stereocenters. The molecule has 3 rings (SSSR count). The number of piperidine rings is 1. The van der Waals surface area contributed by atoms with Crippen LogP contribution < -0.4 is 10.1 Å². The highest BCUT2D eigenvalue weighted by Gasteiger charge is 2.31. The molecule has 23 heavy (non-hydrogen) atoms. The van der Waals surface area contributed by atoms with Crippen LogP contribution in [-0.4, -0.2) is 29.4 Å². The van der Waals surface area contributed by atoms with Crippen LogP contribution >= 0.6 is 0 Å². The third kappa shape index (κ3) is 3.85. The third-order valence-corrected chi connectivity index (χ3v) is 3.99. The van der Waals surface area contributed by atoms with Crippen LogP contribution in [0, 0.1) is 6.92 Å². The number of alkyl halides is 3. The highest BCUT2D eigenvalue weighted by Crippen LogP contribution is 2.31. The minimum Gasteiger partial charge on any atom is -0.406 e. The number of hydrogen-bond donors (Lipinski definition) is 2. The Morgan fingerprint density at radius 1 is 1.22 bits per heavy atom. The summed E-state index contributed by atoms with van der Waals surface area (Å²) in [4.78, 5) is 7.85. The van der Waals surface area contributed by atoms with E-state index in [2.05, 4.69) is 20.0 Å². The van der Waals surface area contributed by atoms with Gasteiger partial charge in [-0.3, -0.25) is 0 Å². The Kier molecular flexibility index (Phi) is 4.30. The van der Waals surface area contributed by atoms with Gasteiger partial charge in [0.2, 0.25) is 0 Å². The smallest absolute Gasteiger partial charge is 0.406 e. The largest absolute Gasteiger partial charge is 0.573 e. The number of rotatable bonds is 3. The lowest BCUT2D eigenvalue weighted by atomic mass is 9.98. The zero-order valence-electron chi connectivity index (χ0n) is 12.7. The average Bonchev–Trinajstić information content (AvgIpc) is 2.89. The van der Waals surface area contributed by atoms with Crippen LogP contribution in [0.15, 0.2) is 24.3 Å². The van der Waals surface area contributed by atoms with Crippen molar-refractivity contribution in [1.29, 1.82) is 0 Å². The normalized spacial score (nSPS) is 16.5. The van der Waals surface area contributed by atoms with Crippen molar-refractivity contribution in [2.24, 2.45) is 0 Å². The summed E-state index contributed by atoms with van der Waals surface area (Å²) in [6.45, 7) is 3.76. The van der Waals surface area contributed by atoms with Crippen LogP contribution in [0.4, 0.5) is 13.2 Å². The molecule has 0 radical (unpaired) electrons. The lowest BCUT2D eigenvalue weighted by Crippen LogP contribution is -2.27. The Hall–Kier alpha value is -2.02. The van der Waals surface area contributed by atoms with Gasteiger partial charge in [0.1, 0.15) is 11.6 Å². The average molecular weight is 325 g/mol. The fourth-order valence-corrected chi connectivity index (χ4v) is 2.90. The van der Waals surface area contributed by atoms with Gasteiger partial charge in [0.15, 0.2) is 0 Å². The summed E-state index contributed by atoms with van der Waals surface area (Å²) in [6.07, 6.45) is -2.69. The molecule has 1 saturated heterocycles. The molecular formula is C16H18F3N3O. The zero-order chi connectivity index (χ0) is 16.4. The van der Waals surface area contributed by atoms with E-state index in [9.17, 15) is 13.2 Å². The van der Waals surface area contributed by atoms with Crippen LogP contribution in [-0.2, 0) is 0 Å². The molecular weight excluding hydrogens is 307 g/mol. The minimum atomic E-state index is -4.69. The first-order chi connectivity index (χ1) is 10.9. The van der Waals surface area contributed by atoms with E-state index in [1.165, 1.54) is 12.1 Å². The van der Waals surface area contributed by atoms with Gasteiger partial charge in [-0.25, -0.2) is 4.98 Å². The number of nitrogens with one attached hydrogen (secondary N) is 2. The zero-order valence-corrected chi connectivity index (χ0v) is 12.7. The van der Waals surface area contributed by atoms with Crippen molar-refractivity contribution < 1.29 is 17.9 Å². The predicted octanol–water partition coefficient (Wildman–Crippen LogP) is 3.75. The molecule has 2 heterocycles. The molecule has 0 spiro atoms. The van der Waals surface area contributed by atoms with Gasteiger partial charge in [-0.05, 0) is 45.0 Å². The van der Waals surface area contributed by atoms with E-state index in [1.54, 1.807) is 12.1 Å². The number of aromatic nitrogens is 2. The molecule has 0 atom stereocenters. The first-order valence-electron chi connectivity index (χ1n) is 7.56. The number of nitrogens with zero attached hydrogens (tertiary/aromatic N) is 1. The van der Waals surface area contributed by atoms with Gasteiger partial charge in [-0.2, -0.15) is 0 Å². The van der Waals surface area contributed by atoms with Gasteiger partial charge in [-0.15, -0.1) is 13.2 Å². The standard InChI is InChI=1S/C16H18F3N3O/c1-10-14(22-15(21-10)11-5-7-20-8-6-11)12-3-2-4-13(9-12)23-16(17,18)19/h2-4,9,11,20H,5-8H2,1H3,(H,21,22). The maximum absolute atomic E-state index is 12.4. The summed E-state index contributed by atoms with van der Waals surface area (Å²) >= 11 is 0. The molecule has 2 aromatic rings. The number of aryl methyl sites for hydroxylation is 1. The maximum Gasteiger partial charge on any atom is 0.573 e. The van der Waals surface area contributed by atoms with Crippen LogP contribution in [0.3, 0.4) is 0 Å². The Morgan fingerprint density at radius 2 is 1.96 bits per heavy atom. The van der Waals surface area contributed by atoms with Gasteiger partial charge in [0.05, 0.1) is 11.4 Å². The second-order valence-electron chi connectivity index (χ2n) is 5.68. The van der Waals surface area contributed by atoms with Crippen LogP contribution in [0.25, 0.3) is 11.3 Å². The van der Waals surface area contributed by atoms with Gasteiger partial charge in [-0.1, -0.05) is 12.1 Å². The number of halogens is 3. The molecule has 1 fully saturated rings. The lowest BCUT2D eigenvalue weighted by Gasteiger charge is -2.20. The highest BCUT2D eigenvalue weighted by molar-refractivity contribution is 5.63. The molecule has 2 N–H and O–H groups in total. The summed E-state index contributed by atoms with van der Waals surface area (Å²) < 4.78 is 41.0. The third-order valence-electron chi connectivity index (χ3n) is 3.99. The molecule has 0 amide bonds. The van der Waals surface area contributed by atoms with Crippen molar-refractivity contribution in [2.45, 2.75) is 32.0 Å². The summed E-state index contributed by atoms with van der Waals surface area (Å²) in [5.74, 6) is 1.03. The molecule has 4 nitrogen and oxygen atoms in total. The number of H-pyrrole nitrogens is 1. The van der Waals surface area contributed by atoms with Crippen molar-refractivity contribution in [1.82, 2.24) is 15.3 Å². The van der Waals surface area contributed by atoms with Gasteiger partial charge in [0, 0.05) is 11.5 Å². The lowest BCUT2D eigenvalue weighted by molar-refractivity contribution is -0.274. The van der Waals surface area contributed by atoms with Crippen molar-refractivity contribution >= 4 is 0 Å². The Balaban J connectivity index is 1.86. The Labute approximate surface area is 132 Å². The monoisotopic (exact) mass is 325 g/mol. The summed E-state index contributed by atoms with van der Waals surface area (Å²) in [5, 5.41) is 3.30. The Morgan fingerprint density at radius 3 is 2.65 bits per heavy atom. The second-order valence-corrected chi connectivity index (χ2v) is 5.68. The molecule has 1 aromatic heterocycles. The van der Waals surface area contributed by atoms with Crippen molar-refractivity contribution in [3.8, 4) is 17.0 Å². The van der Waals surface area contributed by atoms with E-state index in [-0.39, 0.29) is 5.75 Å². The van der Waals surface area contributed by atoms with Crippen LogP contribution in [0.2, 0.25) is 0 Å². The predicted molar refractivity (Wildman–Crippen MR) is 80.3 cm³/mol. The van der Waals surface area contributed by atoms with E-state index in [0.717, 1.165) is 43.1 Å². The maximum atomic E-state index is 12.4. The fourth-order valence-electron chi connectivity index (χ4n) is 2.90. The first kappa shape index (κ1) is 15.9. The molecule has 7 heteroatoms. The van der Waals surface area contributed by atoms with Crippen molar-refractivity contribution in [2.75, 3.05) is 13.1 Å². The summed E-state index contributed by atoms with van der Waals surface area (Å²) in [7, 11) is 0. The molecule has 0 bridgehead atoms. The number of ether oxygens (including phenoxy) is 1. The minimum absolute atomic E-state index is 0.229. The molecule has 1 aliphatic rings. The first-order valence-corrected chi connectivity index (χ1v) is 7.56. The van der Waals surface area contributed by atoms with Gasteiger partial charge < -0.3 is 15.0 Å². The molecule has 0 aliphatic carbocycles. The van der Waals surface area contributed by atoms with E-state index in [1.807, 2.05) is 6.92 Å². The van der Waals surface area contributed by atoms with Crippen LogP contribution in [0.1, 0.15) is 30.3 Å².